The summed E-state index contributed by atoms with van der Waals surface area (Å²) in [6.07, 6.45) is 8.80. The van der Waals surface area contributed by atoms with Gasteiger partial charge in [0.15, 0.2) is 0 Å². The molecule has 1 rings (SSSR count). The molecule has 0 aromatic carbocycles. The lowest BCUT2D eigenvalue weighted by Gasteiger charge is -1.99. The van der Waals surface area contributed by atoms with Gasteiger partial charge in [0.25, 0.3) is 0 Å². The van der Waals surface area contributed by atoms with Crippen molar-refractivity contribution >= 4 is 5.97 Å². The second-order valence-electron chi connectivity index (χ2n) is 3.11. The third-order valence-corrected chi connectivity index (χ3v) is 2.02. The van der Waals surface area contributed by atoms with E-state index in [0.29, 0.717) is 6.42 Å². The molecule has 0 saturated carbocycles. The van der Waals surface area contributed by atoms with Crippen molar-refractivity contribution in [1.29, 1.82) is 0 Å². The Kier molecular flexibility index (Phi) is 4.75. The van der Waals surface area contributed by atoms with Crippen LogP contribution in [0.25, 0.3) is 0 Å². The van der Waals surface area contributed by atoms with Gasteiger partial charge < -0.3 is 9.72 Å². The SMILES string of the molecule is COC(=O)CCCCCc1n[c]c[nH]1. The number of aryl methyl sites for hydroxylation is 1. The number of H-pyrrole nitrogens is 1. The van der Waals surface area contributed by atoms with E-state index in [2.05, 4.69) is 20.9 Å². The lowest BCUT2D eigenvalue weighted by Crippen LogP contribution is -1.99. The summed E-state index contributed by atoms with van der Waals surface area (Å²) in [7, 11) is 1.42. The summed E-state index contributed by atoms with van der Waals surface area (Å²) in [5, 5.41) is 0. The number of aromatic nitrogens is 2. The fraction of sp³-hybridized carbons (Fsp3) is 0.600. The number of carbonyl (C=O) groups excluding carboxylic acids is 1. The molecule has 0 amide bonds. The minimum Gasteiger partial charge on any atom is -0.469 e. The highest BCUT2D eigenvalue weighted by molar-refractivity contribution is 5.68. The number of hydrogen-bond donors (Lipinski definition) is 1. The van der Waals surface area contributed by atoms with Crippen LogP contribution in [0.15, 0.2) is 6.20 Å². The van der Waals surface area contributed by atoms with Gasteiger partial charge in [-0.2, -0.15) is 0 Å². The lowest BCUT2D eigenvalue weighted by molar-refractivity contribution is -0.140. The van der Waals surface area contributed by atoms with Crippen molar-refractivity contribution in [2.45, 2.75) is 32.1 Å². The smallest absolute Gasteiger partial charge is 0.305 e. The molecule has 1 N–H and O–H groups in total. The summed E-state index contributed by atoms with van der Waals surface area (Å²) >= 11 is 0. The molecule has 1 heterocycles. The molecule has 1 radical (unpaired) electrons. The van der Waals surface area contributed by atoms with Gasteiger partial charge in [0, 0.05) is 19.0 Å². The van der Waals surface area contributed by atoms with Crippen molar-refractivity contribution in [2.75, 3.05) is 7.11 Å². The molecule has 0 fully saturated rings. The molecule has 1 aromatic rings. The molecular weight excluding hydrogens is 180 g/mol. The maximum absolute atomic E-state index is 10.8. The van der Waals surface area contributed by atoms with Gasteiger partial charge in [-0.3, -0.25) is 4.79 Å². The third kappa shape index (κ3) is 4.07. The van der Waals surface area contributed by atoms with Gasteiger partial charge in [0.1, 0.15) is 12.0 Å². The van der Waals surface area contributed by atoms with E-state index in [4.69, 9.17) is 0 Å². The Morgan fingerprint density at radius 1 is 1.57 bits per heavy atom. The van der Waals surface area contributed by atoms with E-state index in [1.165, 1.54) is 7.11 Å². The first-order valence-corrected chi connectivity index (χ1v) is 4.80. The zero-order valence-electron chi connectivity index (χ0n) is 8.38. The maximum Gasteiger partial charge on any atom is 0.305 e. The number of rotatable bonds is 6. The highest BCUT2D eigenvalue weighted by Crippen LogP contribution is 2.04. The van der Waals surface area contributed by atoms with E-state index in [9.17, 15) is 4.79 Å². The van der Waals surface area contributed by atoms with Crippen molar-refractivity contribution in [1.82, 2.24) is 9.97 Å². The zero-order valence-corrected chi connectivity index (χ0v) is 8.38. The van der Waals surface area contributed by atoms with Crippen molar-refractivity contribution in [2.24, 2.45) is 0 Å². The average molecular weight is 195 g/mol. The Balaban J connectivity index is 1.97. The van der Waals surface area contributed by atoms with Gasteiger partial charge in [-0.25, -0.2) is 4.98 Å². The number of methoxy groups -OCH3 is 1. The second kappa shape index (κ2) is 6.18. The zero-order chi connectivity index (χ0) is 10.2. The highest BCUT2D eigenvalue weighted by Gasteiger charge is 2.00. The molecule has 0 aliphatic rings. The van der Waals surface area contributed by atoms with Crippen LogP contribution in [-0.4, -0.2) is 23.0 Å². The molecule has 0 saturated heterocycles. The first kappa shape index (κ1) is 10.8. The van der Waals surface area contributed by atoms with Gasteiger partial charge in [0.2, 0.25) is 0 Å². The van der Waals surface area contributed by atoms with Crippen molar-refractivity contribution in [3.63, 3.8) is 0 Å². The monoisotopic (exact) mass is 195 g/mol. The van der Waals surface area contributed by atoms with Gasteiger partial charge in [-0.1, -0.05) is 6.42 Å². The van der Waals surface area contributed by atoms with E-state index in [1.807, 2.05) is 0 Å². The second-order valence-corrected chi connectivity index (χ2v) is 3.11. The van der Waals surface area contributed by atoms with E-state index >= 15 is 0 Å². The lowest BCUT2D eigenvalue weighted by atomic mass is 10.1. The van der Waals surface area contributed by atoms with Gasteiger partial charge in [0.05, 0.1) is 7.11 Å². The fourth-order valence-corrected chi connectivity index (χ4v) is 1.23. The van der Waals surface area contributed by atoms with Crippen LogP contribution in [0.3, 0.4) is 0 Å². The standard InChI is InChI=1S/C10H15N2O2/c1-14-10(13)6-4-2-3-5-9-11-7-8-12-9/h7H,2-6H2,1H3,(H,11,12). The van der Waals surface area contributed by atoms with E-state index in [0.717, 1.165) is 31.5 Å². The molecule has 14 heavy (non-hydrogen) atoms. The molecule has 4 nitrogen and oxygen atoms in total. The van der Waals surface area contributed by atoms with Gasteiger partial charge in [-0.15, -0.1) is 0 Å². The van der Waals surface area contributed by atoms with Crippen molar-refractivity contribution in [3.05, 3.63) is 18.2 Å². The number of carbonyl (C=O) groups is 1. The van der Waals surface area contributed by atoms with Crippen LogP contribution in [0.2, 0.25) is 0 Å². The molecule has 77 valence electrons. The molecule has 1 aromatic heterocycles. The largest absolute Gasteiger partial charge is 0.469 e. The Hall–Kier alpha value is -1.32. The molecule has 0 bridgehead atoms. The summed E-state index contributed by atoms with van der Waals surface area (Å²) in [6.45, 7) is 0. The van der Waals surface area contributed by atoms with Crippen molar-refractivity contribution < 1.29 is 9.53 Å². The van der Waals surface area contributed by atoms with E-state index < -0.39 is 0 Å². The summed E-state index contributed by atoms with van der Waals surface area (Å²) < 4.78 is 4.54. The predicted octanol–water partition coefficient (Wildman–Crippen LogP) is 1.49. The number of ether oxygens (including phenoxy) is 1. The third-order valence-electron chi connectivity index (χ3n) is 2.02. The summed E-state index contributed by atoms with van der Waals surface area (Å²) in [6, 6.07) is 0. The predicted molar refractivity (Wildman–Crippen MR) is 51.6 cm³/mol. The Labute approximate surface area is 83.7 Å². The van der Waals surface area contributed by atoms with Crippen LogP contribution in [0.1, 0.15) is 31.5 Å². The van der Waals surface area contributed by atoms with Crippen molar-refractivity contribution in [3.8, 4) is 0 Å². The first-order chi connectivity index (χ1) is 6.83. The molecule has 4 heteroatoms. The number of esters is 1. The number of aromatic amines is 1. The molecule has 0 atom stereocenters. The summed E-state index contributed by atoms with van der Waals surface area (Å²) in [5.74, 6) is 0.833. The highest BCUT2D eigenvalue weighted by atomic mass is 16.5. The Bertz CT molecular complexity index is 257. The normalized spacial score (nSPS) is 10.1. The minimum atomic E-state index is -0.128. The topological polar surface area (TPSA) is 55.0 Å². The number of nitrogens with one attached hydrogen (secondary N) is 1. The van der Waals surface area contributed by atoms with Crippen LogP contribution in [0.4, 0.5) is 0 Å². The number of unbranched alkanes of at least 4 members (excludes halogenated alkanes) is 2. The van der Waals surface area contributed by atoms with Gasteiger partial charge >= 0.3 is 5.97 Å². The first-order valence-electron chi connectivity index (χ1n) is 4.80. The van der Waals surface area contributed by atoms with E-state index in [1.54, 1.807) is 6.20 Å². The molecule has 0 unspecified atom stereocenters. The van der Waals surface area contributed by atoms with E-state index in [-0.39, 0.29) is 5.97 Å². The molecular formula is C10H15N2O2. The molecule has 0 spiro atoms. The van der Waals surface area contributed by atoms with Crippen LogP contribution < -0.4 is 0 Å². The summed E-state index contributed by atoms with van der Waals surface area (Å²) in [5.41, 5.74) is 0. The van der Waals surface area contributed by atoms with Crippen LogP contribution in [-0.2, 0) is 16.0 Å². The Morgan fingerprint density at radius 3 is 3.07 bits per heavy atom. The number of imidazole rings is 1. The molecule has 0 aliphatic heterocycles. The quantitative estimate of drug-likeness (QED) is 0.552. The number of hydrogen-bond acceptors (Lipinski definition) is 3. The number of nitrogens with zero attached hydrogens (tertiary/aromatic N) is 1. The van der Waals surface area contributed by atoms with Gasteiger partial charge in [-0.05, 0) is 12.8 Å². The van der Waals surface area contributed by atoms with Crippen LogP contribution >= 0.6 is 0 Å². The molecule has 0 aliphatic carbocycles. The minimum absolute atomic E-state index is 0.128. The summed E-state index contributed by atoms with van der Waals surface area (Å²) in [4.78, 5) is 17.7. The van der Waals surface area contributed by atoms with Crippen LogP contribution in [0, 0.1) is 6.20 Å². The fourth-order valence-electron chi connectivity index (χ4n) is 1.23. The maximum atomic E-state index is 10.8. The Morgan fingerprint density at radius 2 is 2.43 bits per heavy atom. The van der Waals surface area contributed by atoms with Crippen LogP contribution in [0.5, 0.6) is 0 Å². The average Bonchev–Trinajstić information content (AvgIpc) is 2.69.